The molecule has 0 fully saturated rings. The molecule has 0 unspecified atom stereocenters. The summed E-state index contributed by atoms with van der Waals surface area (Å²) in [6, 6.07) is 0. The highest BCUT2D eigenvalue weighted by Crippen LogP contribution is 1.98. The van der Waals surface area contributed by atoms with Crippen LogP contribution in [0, 0.1) is 0 Å². The van der Waals surface area contributed by atoms with Gasteiger partial charge in [0.05, 0.1) is 6.10 Å². The molecule has 58 valence electrons. The molecule has 0 amide bonds. The Morgan fingerprint density at radius 2 is 2.40 bits per heavy atom. The SMILES string of the molecule is C=C[C@H](O)CC(=O)CCC. The van der Waals surface area contributed by atoms with Gasteiger partial charge in [0.1, 0.15) is 5.78 Å². The molecule has 0 aromatic heterocycles. The standard InChI is InChI=1S/C8H14O2/c1-3-5-8(10)6-7(9)4-2/h4,7,9H,2-3,5-6H2,1H3/t7-/m0/s1. The Morgan fingerprint density at radius 1 is 1.80 bits per heavy atom. The summed E-state index contributed by atoms with van der Waals surface area (Å²) in [5.74, 6) is 0.106. The summed E-state index contributed by atoms with van der Waals surface area (Å²) in [5.41, 5.74) is 0. The molecule has 0 aliphatic rings. The maximum Gasteiger partial charge on any atom is 0.135 e. The predicted molar refractivity (Wildman–Crippen MR) is 40.7 cm³/mol. The molecule has 2 nitrogen and oxygen atoms in total. The molecule has 0 aliphatic heterocycles. The van der Waals surface area contributed by atoms with Crippen molar-refractivity contribution < 1.29 is 9.90 Å². The second-order valence-electron chi connectivity index (χ2n) is 2.30. The van der Waals surface area contributed by atoms with Gasteiger partial charge in [0.15, 0.2) is 0 Å². The molecule has 0 spiro atoms. The summed E-state index contributed by atoms with van der Waals surface area (Å²) in [4.78, 5) is 10.8. The van der Waals surface area contributed by atoms with Crippen LogP contribution in [0.15, 0.2) is 12.7 Å². The van der Waals surface area contributed by atoms with E-state index in [2.05, 4.69) is 6.58 Å². The van der Waals surface area contributed by atoms with Crippen LogP contribution in [0.5, 0.6) is 0 Å². The van der Waals surface area contributed by atoms with Crippen LogP contribution in [0.4, 0.5) is 0 Å². The highest BCUT2D eigenvalue weighted by molar-refractivity contribution is 5.78. The molecule has 1 N–H and O–H groups in total. The summed E-state index contributed by atoms with van der Waals surface area (Å²) in [5, 5.41) is 8.92. The quantitative estimate of drug-likeness (QED) is 0.587. The Morgan fingerprint density at radius 3 is 2.80 bits per heavy atom. The van der Waals surface area contributed by atoms with Crippen molar-refractivity contribution in [1.82, 2.24) is 0 Å². The molecule has 0 radical (unpaired) electrons. The molecule has 1 atom stereocenters. The van der Waals surface area contributed by atoms with Crippen LogP contribution in [0.25, 0.3) is 0 Å². The van der Waals surface area contributed by atoms with Gasteiger partial charge in [-0.25, -0.2) is 0 Å². The third kappa shape index (κ3) is 4.27. The Labute approximate surface area is 61.6 Å². The average molecular weight is 142 g/mol. The van der Waals surface area contributed by atoms with E-state index < -0.39 is 6.10 Å². The summed E-state index contributed by atoms with van der Waals surface area (Å²) in [7, 11) is 0. The molecule has 0 bridgehead atoms. The molecular formula is C8H14O2. The monoisotopic (exact) mass is 142 g/mol. The van der Waals surface area contributed by atoms with Gasteiger partial charge in [0, 0.05) is 12.8 Å². The van der Waals surface area contributed by atoms with Crippen LogP contribution in [-0.4, -0.2) is 17.0 Å². The first-order valence-corrected chi connectivity index (χ1v) is 3.53. The molecule has 0 aliphatic carbocycles. The lowest BCUT2D eigenvalue weighted by Crippen LogP contribution is -2.09. The third-order valence-electron chi connectivity index (χ3n) is 1.24. The summed E-state index contributed by atoms with van der Waals surface area (Å²) in [6.07, 6.45) is 2.36. The lowest BCUT2D eigenvalue weighted by atomic mass is 10.1. The third-order valence-corrected chi connectivity index (χ3v) is 1.24. The van der Waals surface area contributed by atoms with Crippen molar-refractivity contribution >= 4 is 5.78 Å². The Kier molecular flexibility index (Phi) is 4.85. The van der Waals surface area contributed by atoms with E-state index in [0.29, 0.717) is 6.42 Å². The lowest BCUT2D eigenvalue weighted by molar-refractivity contribution is -0.120. The van der Waals surface area contributed by atoms with Gasteiger partial charge in [-0.15, -0.1) is 6.58 Å². The van der Waals surface area contributed by atoms with Crippen LogP contribution >= 0.6 is 0 Å². The number of aliphatic hydroxyl groups is 1. The molecule has 0 rings (SSSR count). The van der Waals surface area contributed by atoms with Gasteiger partial charge >= 0.3 is 0 Å². The van der Waals surface area contributed by atoms with E-state index in [-0.39, 0.29) is 12.2 Å². The average Bonchev–Trinajstić information content (AvgIpc) is 1.88. The Bertz CT molecular complexity index is 118. The number of ketones is 1. The number of carbonyl (C=O) groups is 1. The second-order valence-corrected chi connectivity index (χ2v) is 2.30. The number of hydrogen-bond acceptors (Lipinski definition) is 2. The minimum absolute atomic E-state index is 0.106. The fourth-order valence-corrected chi connectivity index (χ4v) is 0.697. The van der Waals surface area contributed by atoms with Gasteiger partial charge in [-0.3, -0.25) is 4.79 Å². The first kappa shape index (κ1) is 9.37. The first-order chi connectivity index (χ1) is 4.70. The van der Waals surface area contributed by atoms with Crippen LogP contribution in [0.1, 0.15) is 26.2 Å². The van der Waals surface area contributed by atoms with Crippen molar-refractivity contribution in [2.24, 2.45) is 0 Å². The van der Waals surface area contributed by atoms with Crippen LogP contribution < -0.4 is 0 Å². The molecule has 2 heteroatoms. The number of carbonyl (C=O) groups excluding carboxylic acids is 1. The van der Waals surface area contributed by atoms with E-state index in [4.69, 9.17) is 5.11 Å². The zero-order chi connectivity index (χ0) is 7.98. The minimum atomic E-state index is -0.654. The second kappa shape index (κ2) is 5.18. The summed E-state index contributed by atoms with van der Waals surface area (Å²) < 4.78 is 0. The van der Waals surface area contributed by atoms with Crippen LogP contribution in [0.3, 0.4) is 0 Å². The zero-order valence-corrected chi connectivity index (χ0v) is 6.34. The van der Waals surface area contributed by atoms with Crippen molar-refractivity contribution in [2.45, 2.75) is 32.3 Å². The van der Waals surface area contributed by atoms with E-state index in [1.807, 2.05) is 6.92 Å². The van der Waals surface area contributed by atoms with Gasteiger partial charge in [0.25, 0.3) is 0 Å². The normalized spacial score (nSPS) is 12.6. The topological polar surface area (TPSA) is 37.3 Å². The summed E-state index contributed by atoms with van der Waals surface area (Å²) >= 11 is 0. The van der Waals surface area contributed by atoms with E-state index in [1.54, 1.807) is 0 Å². The fourth-order valence-electron chi connectivity index (χ4n) is 0.697. The number of aliphatic hydroxyl groups excluding tert-OH is 1. The van der Waals surface area contributed by atoms with Crippen molar-refractivity contribution in [3.63, 3.8) is 0 Å². The molecule has 0 heterocycles. The highest BCUT2D eigenvalue weighted by atomic mass is 16.3. The van der Waals surface area contributed by atoms with Gasteiger partial charge in [-0.1, -0.05) is 13.0 Å². The Balaban J connectivity index is 3.46. The van der Waals surface area contributed by atoms with E-state index >= 15 is 0 Å². The van der Waals surface area contributed by atoms with E-state index in [9.17, 15) is 4.79 Å². The van der Waals surface area contributed by atoms with Gasteiger partial charge in [-0.05, 0) is 6.42 Å². The zero-order valence-electron chi connectivity index (χ0n) is 6.34. The first-order valence-electron chi connectivity index (χ1n) is 3.53. The smallest absolute Gasteiger partial charge is 0.135 e. The summed E-state index contributed by atoms with van der Waals surface area (Å²) in [6.45, 7) is 5.31. The van der Waals surface area contributed by atoms with Gasteiger partial charge in [0.2, 0.25) is 0 Å². The molecule has 0 aromatic rings. The fraction of sp³-hybridized carbons (Fsp3) is 0.625. The lowest BCUT2D eigenvalue weighted by Gasteiger charge is -2.01. The number of rotatable bonds is 5. The molecule has 0 saturated heterocycles. The van der Waals surface area contributed by atoms with E-state index in [0.717, 1.165) is 6.42 Å². The van der Waals surface area contributed by atoms with Crippen molar-refractivity contribution in [3.05, 3.63) is 12.7 Å². The Hall–Kier alpha value is -0.630. The van der Waals surface area contributed by atoms with Crippen molar-refractivity contribution in [2.75, 3.05) is 0 Å². The van der Waals surface area contributed by atoms with Gasteiger partial charge < -0.3 is 5.11 Å². The van der Waals surface area contributed by atoms with E-state index in [1.165, 1.54) is 6.08 Å². The highest BCUT2D eigenvalue weighted by Gasteiger charge is 2.04. The van der Waals surface area contributed by atoms with Crippen molar-refractivity contribution in [1.29, 1.82) is 0 Å². The molecule has 10 heavy (non-hydrogen) atoms. The number of Topliss-reactive ketones (excluding diaryl/α,β-unsaturated/α-hetero) is 1. The van der Waals surface area contributed by atoms with Crippen LogP contribution in [0.2, 0.25) is 0 Å². The maximum atomic E-state index is 10.8. The minimum Gasteiger partial charge on any atom is -0.389 e. The van der Waals surface area contributed by atoms with Gasteiger partial charge in [-0.2, -0.15) is 0 Å². The predicted octanol–water partition coefficient (Wildman–Crippen LogP) is 1.29. The van der Waals surface area contributed by atoms with Crippen molar-refractivity contribution in [3.8, 4) is 0 Å². The molecular weight excluding hydrogens is 128 g/mol. The molecule has 0 saturated carbocycles. The molecule has 0 aromatic carbocycles. The maximum absolute atomic E-state index is 10.8. The largest absolute Gasteiger partial charge is 0.389 e. The number of hydrogen-bond donors (Lipinski definition) is 1. The van der Waals surface area contributed by atoms with Crippen LogP contribution in [-0.2, 0) is 4.79 Å².